The number of nitrogen functional groups attached to an aromatic ring is 1. The number of nitrogens with zero attached hydrogens (tertiary/aromatic N) is 3. The first-order valence-corrected chi connectivity index (χ1v) is 7.99. The highest BCUT2D eigenvalue weighted by molar-refractivity contribution is 5.90. The summed E-state index contributed by atoms with van der Waals surface area (Å²) in [5.41, 5.74) is 7.49. The van der Waals surface area contributed by atoms with Crippen LogP contribution < -0.4 is 10.5 Å². The average molecular weight is 312 g/mol. The van der Waals surface area contributed by atoms with Crippen molar-refractivity contribution in [2.45, 2.75) is 26.7 Å². The Balaban J connectivity index is 2.27. The lowest BCUT2D eigenvalue weighted by Gasteiger charge is -2.17. The molecule has 2 rings (SSSR count). The molecule has 0 fully saturated rings. The highest BCUT2D eigenvalue weighted by atomic mass is 16.5. The van der Waals surface area contributed by atoms with Crippen LogP contribution in [-0.2, 0) is 0 Å². The van der Waals surface area contributed by atoms with Gasteiger partial charge in [0.25, 0.3) is 0 Å². The largest absolute Gasteiger partial charge is 0.495 e. The van der Waals surface area contributed by atoms with E-state index in [2.05, 4.69) is 40.6 Å². The number of hydrogen-bond acceptors (Lipinski definition) is 5. The molecule has 0 amide bonds. The molecule has 5 nitrogen and oxygen atoms in total. The topological polar surface area (TPSA) is 64.3 Å². The summed E-state index contributed by atoms with van der Waals surface area (Å²) in [7, 11) is 1.63. The van der Waals surface area contributed by atoms with E-state index >= 15 is 0 Å². The van der Waals surface area contributed by atoms with Crippen LogP contribution in [0.4, 0.5) is 5.82 Å². The van der Waals surface area contributed by atoms with Crippen LogP contribution in [-0.4, -0.2) is 41.6 Å². The number of fused-ring (bicyclic) bond motifs is 1. The number of hydrogen-bond donors (Lipinski definition) is 1. The van der Waals surface area contributed by atoms with Crippen LogP contribution in [0.1, 0.15) is 32.3 Å². The zero-order chi connectivity index (χ0) is 16.7. The first kappa shape index (κ1) is 17.0. The summed E-state index contributed by atoms with van der Waals surface area (Å²) in [6.07, 6.45) is 3.74. The Morgan fingerprint density at radius 3 is 2.57 bits per heavy atom. The van der Waals surface area contributed by atoms with Crippen molar-refractivity contribution in [1.82, 2.24) is 14.9 Å². The van der Waals surface area contributed by atoms with Crippen molar-refractivity contribution in [3.63, 3.8) is 0 Å². The van der Waals surface area contributed by atoms with Gasteiger partial charge in [0.05, 0.1) is 24.7 Å². The lowest BCUT2D eigenvalue weighted by atomic mass is 10.1. The molecule has 2 N–H and O–H groups in total. The van der Waals surface area contributed by atoms with Crippen molar-refractivity contribution in [2.24, 2.45) is 0 Å². The maximum absolute atomic E-state index is 5.89. The van der Waals surface area contributed by atoms with Gasteiger partial charge in [-0.1, -0.05) is 25.7 Å². The van der Waals surface area contributed by atoms with Gasteiger partial charge in [-0.25, -0.2) is 9.97 Å². The second kappa shape index (κ2) is 8.35. The van der Waals surface area contributed by atoms with Gasteiger partial charge in [-0.3, -0.25) is 4.90 Å². The minimum atomic E-state index is 0.449. The maximum Gasteiger partial charge on any atom is 0.135 e. The number of nitrogens with two attached hydrogens (primary N) is 1. The molecule has 0 saturated carbocycles. The van der Waals surface area contributed by atoms with Crippen molar-refractivity contribution in [1.29, 1.82) is 0 Å². The van der Waals surface area contributed by atoms with Gasteiger partial charge in [0, 0.05) is 5.39 Å². The Bertz CT molecular complexity index is 712. The lowest BCUT2D eigenvalue weighted by molar-refractivity contribution is 0.308. The van der Waals surface area contributed by atoms with Crippen LogP contribution in [0.5, 0.6) is 5.75 Å². The Hall–Kier alpha value is -2.32. The van der Waals surface area contributed by atoms with Crippen molar-refractivity contribution < 1.29 is 4.74 Å². The van der Waals surface area contributed by atoms with E-state index in [0.717, 1.165) is 48.9 Å². The fraction of sp³-hybridized carbons (Fsp3) is 0.444. The fourth-order valence-corrected chi connectivity index (χ4v) is 2.52. The van der Waals surface area contributed by atoms with Gasteiger partial charge in [0.2, 0.25) is 0 Å². The zero-order valence-electron chi connectivity index (χ0n) is 14.1. The third kappa shape index (κ3) is 4.33. The number of anilines is 1. The molecule has 23 heavy (non-hydrogen) atoms. The molecule has 1 aromatic carbocycles. The van der Waals surface area contributed by atoms with Crippen LogP contribution in [0.25, 0.3) is 10.9 Å². The Labute approximate surface area is 137 Å². The SMILES string of the molecule is CCCN(CC#Cc1cc2ncnc(N)c2cc1OC)CCC. The molecule has 0 aliphatic rings. The Kier molecular flexibility index (Phi) is 6.19. The Morgan fingerprint density at radius 1 is 1.17 bits per heavy atom. The van der Waals surface area contributed by atoms with Crippen molar-refractivity contribution in [3.05, 3.63) is 24.0 Å². The number of aromatic nitrogens is 2. The van der Waals surface area contributed by atoms with Crippen LogP contribution in [0.3, 0.4) is 0 Å². The van der Waals surface area contributed by atoms with Gasteiger partial charge in [0.15, 0.2) is 0 Å². The molecule has 1 aromatic heterocycles. The molecular weight excluding hydrogens is 288 g/mol. The van der Waals surface area contributed by atoms with Gasteiger partial charge >= 0.3 is 0 Å². The first-order valence-electron chi connectivity index (χ1n) is 7.99. The summed E-state index contributed by atoms with van der Waals surface area (Å²) >= 11 is 0. The molecule has 0 aliphatic heterocycles. The van der Waals surface area contributed by atoms with Gasteiger partial charge in [-0.2, -0.15) is 0 Å². The second-order valence-electron chi connectivity index (χ2n) is 5.41. The van der Waals surface area contributed by atoms with Gasteiger partial charge in [0.1, 0.15) is 17.9 Å². The molecular formula is C18H24N4O. The van der Waals surface area contributed by atoms with Crippen LogP contribution in [0.15, 0.2) is 18.5 Å². The van der Waals surface area contributed by atoms with Crippen LogP contribution >= 0.6 is 0 Å². The van der Waals surface area contributed by atoms with Crippen molar-refractivity contribution in [2.75, 3.05) is 32.5 Å². The predicted octanol–water partition coefficient (Wildman–Crippen LogP) is 2.69. The van der Waals surface area contributed by atoms with Gasteiger partial charge < -0.3 is 10.5 Å². The smallest absolute Gasteiger partial charge is 0.135 e. The summed E-state index contributed by atoms with van der Waals surface area (Å²) in [5.74, 6) is 7.60. The normalized spacial score (nSPS) is 10.6. The van der Waals surface area contributed by atoms with Gasteiger partial charge in [-0.15, -0.1) is 0 Å². The van der Waals surface area contributed by atoms with Crippen LogP contribution in [0, 0.1) is 11.8 Å². The van der Waals surface area contributed by atoms with E-state index in [1.165, 1.54) is 6.33 Å². The summed E-state index contributed by atoms with van der Waals surface area (Å²) in [5, 5.41) is 0.786. The van der Waals surface area contributed by atoms with E-state index < -0.39 is 0 Å². The van der Waals surface area contributed by atoms with Crippen LogP contribution in [0.2, 0.25) is 0 Å². The highest BCUT2D eigenvalue weighted by Gasteiger charge is 2.07. The molecule has 0 unspecified atom stereocenters. The summed E-state index contributed by atoms with van der Waals surface area (Å²) < 4.78 is 5.43. The third-order valence-electron chi connectivity index (χ3n) is 3.59. The molecule has 5 heteroatoms. The number of benzene rings is 1. The average Bonchev–Trinajstić information content (AvgIpc) is 2.55. The van der Waals surface area contributed by atoms with Crippen molar-refractivity contribution >= 4 is 16.7 Å². The molecule has 0 atom stereocenters. The maximum atomic E-state index is 5.89. The molecule has 0 radical (unpaired) electrons. The minimum Gasteiger partial charge on any atom is -0.495 e. The fourth-order valence-electron chi connectivity index (χ4n) is 2.52. The monoisotopic (exact) mass is 312 g/mol. The van der Waals surface area contributed by atoms with E-state index in [-0.39, 0.29) is 0 Å². The highest BCUT2D eigenvalue weighted by Crippen LogP contribution is 2.26. The molecule has 0 aliphatic carbocycles. The third-order valence-corrected chi connectivity index (χ3v) is 3.59. The first-order chi connectivity index (χ1) is 11.2. The molecule has 2 aromatic rings. The van der Waals surface area contributed by atoms with E-state index in [9.17, 15) is 0 Å². The summed E-state index contributed by atoms with van der Waals surface area (Å²) in [6, 6.07) is 3.76. The minimum absolute atomic E-state index is 0.449. The van der Waals surface area contributed by atoms with Gasteiger partial charge in [-0.05, 0) is 38.1 Å². The van der Waals surface area contributed by atoms with E-state index in [1.54, 1.807) is 7.11 Å². The van der Waals surface area contributed by atoms with E-state index in [4.69, 9.17) is 10.5 Å². The summed E-state index contributed by atoms with van der Waals surface area (Å²) in [4.78, 5) is 10.6. The zero-order valence-corrected chi connectivity index (χ0v) is 14.1. The quantitative estimate of drug-likeness (QED) is 0.831. The standard InChI is InChI=1S/C18H24N4O/c1-4-8-22(9-5-2)10-6-7-14-11-16-15(12-17(14)23-3)18(19)21-13-20-16/h11-13H,4-5,8-10H2,1-3H3,(H2,19,20,21). The number of rotatable bonds is 6. The molecule has 0 bridgehead atoms. The van der Waals surface area contributed by atoms with Crippen molar-refractivity contribution in [3.8, 4) is 17.6 Å². The number of ether oxygens (including phenoxy) is 1. The van der Waals surface area contributed by atoms with E-state index in [0.29, 0.717) is 11.6 Å². The molecule has 1 heterocycles. The predicted molar refractivity (Wildman–Crippen MR) is 94.4 cm³/mol. The molecule has 0 spiro atoms. The molecule has 0 saturated heterocycles. The second-order valence-corrected chi connectivity index (χ2v) is 5.41. The van der Waals surface area contributed by atoms with E-state index in [1.807, 2.05) is 12.1 Å². The molecule has 122 valence electrons. The summed E-state index contributed by atoms with van der Waals surface area (Å²) in [6.45, 7) is 7.27. The number of methoxy groups -OCH3 is 1. The Morgan fingerprint density at radius 2 is 1.91 bits per heavy atom. The lowest BCUT2D eigenvalue weighted by Crippen LogP contribution is -2.25.